The van der Waals surface area contributed by atoms with Gasteiger partial charge in [0.2, 0.25) is 0 Å². The second-order valence-electron chi connectivity index (χ2n) is 4.99. The van der Waals surface area contributed by atoms with Gasteiger partial charge in [0.1, 0.15) is 0 Å². The highest BCUT2D eigenvalue weighted by molar-refractivity contribution is 9.10. The Labute approximate surface area is 99.2 Å². The number of benzene rings is 1. The molecule has 0 aliphatic rings. The molecule has 0 aliphatic carbocycles. The van der Waals surface area contributed by atoms with E-state index in [1.54, 1.807) is 0 Å². The van der Waals surface area contributed by atoms with Crippen molar-refractivity contribution in [2.45, 2.75) is 26.2 Å². The number of aromatic nitrogens is 1. The summed E-state index contributed by atoms with van der Waals surface area (Å²) >= 11 is 3.72. The molecule has 0 spiro atoms. The summed E-state index contributed by atoms with van der Waals surface area (Å²) in [7, 11) is 2.13. The van der Waals surface area contributed by atoms with E-state index in [1.165, 1.54) is 21.1 Å². The number of hydrogen-bond donors (Lipinski definition) is 0. The highest BCUT2D eigenvalue weighted by atomic mass is 79.9. The van der Waals surface area contributed by atoms with Crippen molar-refractivity contribution < 1.29 is 0 Å². The lowest BCUT2D eigenvalue weighted by atomic mass is 9.92. The molecule has 2 heteroatoms. The maximum absolute atomic E-state index is 3.72. The minimum absolute atomic E-state index is 0.159. The number of fused-ring (bicyclic) bond motifs is 1. The first-order chi connectivity index (χ1) is 6.93. The molecule has 80 valence electrons. The van der Waals surface area contributed by atoms with Crippen LogP contribution in [0.3, 0.4) is 0 Å². The van der Waals surface area contributed by atoms with Crippen molar-refractivity contribution in [1.29, 1.82) is 0 Å². The third-order valence-corrected chi connectivity index (χ3v) is 3.56. The third kappa shape index (κ3) is 1.61. The topological polar surface area (TPSA) is 4.93 Å². The highest BCUT2D eigenvalue weighted by Crippen LogP contribution is 2.37. The number of nitrogens with zero attached hydrogens (tertiary/aromatic N) is 1. The van der Waals surface area contributed by atoms with Crippen LogP contribution in [-0.2, 0) is 12.5 Å². The summed E-state index contributed by atoms with van der Waals surface area (Å²) in [5, 5.41) is 1.30. The van der Waals surface area contributed by atoms with E-state index in [2.05, 4.69) is 72.6 Å². The summed E-state index contributed by atoms with van der Waals surface area (Å²) in [6.07, 6.45) is 0. The average molecular weight is 266 g/mol. The van der Waals surface area contributed by atoms with E-state index < -0.39 is 0 Å². The van der Waals surface area contributed by atoms with Crippen molar-refractivity contribution in [3.05, 3.63) is 34.4 Å². The molecule has 0 atom stereocenters. The van der Waals surface area contributed by atoms with Gasteiger partial charge in [-0.1, -0.05) is 39.0 Å². The predicted molar refractivity (Wildman–Crippen MR) is 69.3 cm³/mol. The Bertz CT molecular complexity index is 464. The normalized spacial score (nSPS) is 12.3. The van der Waals surface area contributed by atoms with Crippen LogP contribution in [0.5, 0.6) is 0 Å². The van der Waals surface area contributed by atoms with E-state index >= 15 is 0 Å². The van der Waals surface area contributed by atoms with Crippen LogP contribution in [0.4, 0.5) is 0 Å². The smallest absolute Gasteiger partial charge is 0.0491 e. The summed E-state index contributed by atoms with van der Waals surface area (Å²) < 4.78 is 3.51. The Morgan fingerprint density at radius 2 is 1.73 bits per heavy atom. The second kappa shape index (κ2) is 3.38. The maximum atomic E-state index is 3.72. The maximum Gasteiger partial charge on any atom is 0.0491 e. The molecular weight excluding hydrogens is 250 g/mol. The Morgan fingerprint density at radius 3 is 2.27 bits per heavy atom. The first-order valence-corrected chi connectivity index (χ1v) is 5.95. The molecule has 1 nitrogen and oxygen atoms in total. The molecule has 1 aromatic carbocycles. The minimum atomic E-state index is 0.159. The zero-order valence-corrected chi connectivity index (χ0v) is 11.2. The van der Waals surface area contributed by atoms with Crippen molar-refractivity contribution in [3.63, 3.8) is 0 Å². The van der Waals surface area contributed by atoms with Crippen molar-refractivity contribution in [2.75, 3.05) is 0 Å². The molecule has 0 saturated carbocycles. The molecule has 0 amide bonds. The summed E-state index contributed by atoms with van der Waals surface area (Å²) in [6, 6.07) is 8.49. The van der Waals surface area contributed by atoms with Gasteiger partial charge in [-0.2, -0.15) is 0 Å². The van der Waals surface area contributed by atoms with Crippen LogP contribution in [0.25, 0.3) is 10.9 Å². The van der Waals surface area contributed by atoms with Crippen LogP contribution in [0.15, 0.2) is 28.7 Å². The lowest BCUT2D eigenvalue weighted by Gasteiger charge is -2.20. The number of hydrogen-bond acceptors (Lipinski definition) is 0. The molecule has 0 saturated heterocycles. The van der Waals surface area contributed by atoms with E-state index in [4.69, 9.17) is 0 Å². The Morgan fingerprint density at radius 1 is 1.13 bits per heavy atom. The average Bonchev–Trinajstić information content (AvgIpc) is 2.39. The molecule has 0 unspecified atom stereocenters. The van der Waals surface area contributed by atoms with E-state index in [9.17, 15) is 0 Å². The minimum Gasteiger partial charge on any atom is -0.346 e. The van der Waals surface area contributed by atoms with Crippen LogP contribution in [0.2, 0.25) is 0 Å². The van der Waals surface area contributed by atoms with Gasteiger partial charge in [-0.05, 0) is 22.0 Å². The molecule has 0 N–H and O–H groups in total. The second-order valence-corrected chi connectivity index (χ2v) is 5.78. The van der Waals surface area contributed by atoms with Gasteiger partial charge in [-0.3, -0.25) is 0 Å². The zero-order chi connectivity index (χ0) is 11.2. The van der Waals surface area contributed by atoms with E-state index in [0.29, 0.717) is 0 Å². The molecule has 0 fully saturated rings. The fourth-order valence-electron chi connectivity index (χ4n) is 2.18. The van der Waals surface area contributed by atoms with Gasteiger partial charge >= 0.3 is 0 Å². The highest BCUT2D eigenvalue weighted by Gasteiger charge is 2.23. The molecule has 2 rings (SSSR count). The van der Waals surface area contributed by atoms with Gasteiger partial charge < -0.3 is 4.57 Å². The van der Waals surface area contributed by atoms with E-state index in [-0.39, 0.29) is 5.41 Å². The van der Waals surface area contributed by atoms with E-state index in [0.717, 1.165) is 0 Å². The lowest BCUT2D eigenvalue weighted by Crippen LogP contribution is -2.16. The van der Waals surface area contributed by atoms with Crippen LogP contribution < -0.4 is 0 Å². The molecule has 0 bridgehead atoms. The van der Waals surface area contributed by atoms with E-state index in [1.807, 2.05) is 0 Å². The van der Waals surface area contributed by atoms with Gasteiger partial charge in [0.15, 0.2) is 0 Å². The number of para-hydroxylation sites is 1. The first-order valence-electron chi connectivity index (χ1n) is 5.16. The van der Waals surface area contributed by atoms with Crippen LogP contribution in [0, 0.1) is 0 Å². The number of halogens is 1. The summed E-state index contributed by atoms with van der Waals surface area (Å²) in [4.78, 5) is 0. The fourth-order valence-corrected chi connectivity index (χ4v) is 3.38. The summed E-state index contributed by atoms with van der Waals surface area (Å²) in [6.45, 7) is 6.73. The standard InChI is InChI=1S/C13H16BrN/c1-13(2,3)12-11(14)9-7-5-6-8-10(9)15(12)4/h5-8H,1-4H3. The number of aryl methyl sites for hydroxylation is 1. The Kier molecular flexibility index (Phi) is 2.42. The molecule has 1 heterocycles. The van der Waals surface area contributed by atoms with Gasteiger partial charge in [-0.25, -0.2) is 0 Å². The summed E-state index contributed by atoms with van der Waals surface area (Å²) in [5.74, 6) is 0. The summed E-state index contributed by atoms with van der Waals surface area (Å²) in [5.41, 5.74) is 2.80. The fraction of sp³-hybridized carbons (Fsp3) is 0.385. The molecule has 0 aliphatic heterocycles. The van der Waals surface area contributed by atoms with Crippen molar-refractivity contribution >= 4 is 26.8 Å². The number of rotatable bonds is 0. The van der Waals surface area contributed by atoms with Gasteiger partial charge in [0.05, 0.1) is 0 Å². The third-order valence-electron chi connectivity index (χ3n) is 2.76. The monoisotopic (exact) mass is 265 g/mol. The zero-order valence-electron chi connectivity index (χ0n) is 9.63. The van der Waals surface area contributed by atoms with Crippen molar-refractivity contribution in [1.82, 2.24) is 4.57 Å². The van der Waals surface area contributed by atoms with Crippen LogP contribution in [0.1, 0.15) is 26.5 Å². The quantitative estimate of drug-likeness (QED) is 0.672. The molecule has 15 heavy (non-hydrogen) atoms. The largest absolute Gasteiger partial charge is 0.346 e. The lowest BCUT2D eigenvalue weighted by molar-refractivity contribution is 0.544. The molecule has 2 aromatic rings. The van der Waals surface area contributed by atoms with Gasteiger partial charge in [0, 0.05) is 33.5 Å². The van der Waals surface area contributed by atoms with Crippen molar-refractivity contribution in [2.24, 2.45) is 7.05 Å². The van der Waals surface area contributed by atoms with Crippen molar-refractivity contribution in [3.8, 4) is 0 Å². The predicted octanol–water partition coefficient (Wildman–Crippen LogP) is 4.24. The van der Waals surface area contributed by atoms with Gasteiger partial charge in [-0.15, -0.1) is 0 Å². The Balaban J connectivity index is 2.87. The Hall–Kier alpha value is -0.760. The molecule has 1 aromatic heterocycles. The van der Waals surface area contributed by atoms with Gasteiger partial charge in [0.25, 0.3) is 0 Å². The molecular formula is C13H16BrN. The SMILES string of the molecule is Cn1c(C(C)(C)C)c(Br)c2ccccc21. The van der Waals surface area contributed by atoms with Crippen LogP contribution in [-0.4, -0.2) is 4.57 Å². The van der Waals surface area contributed by atoms with Crippen LogP contribution >= 0.6 is 15.9 Å². The first kappa shape index (κ1) is 10.7. The molecule has 0 radical (unpaired) electrons.